The van der Waals surface area contributed by atoms with E-state index in [0.717, 1.165) is 10.2 Å². The molecule has 0 spiro atoms. The zero-order chi connectivity index (χ0) is 20.1. The van der Waals surface area contributed by atoms with E-state index < -0.39 is 0 Å². The summed E-state index contributed by atoms with van der Waals surface area (Å²) in [5, 5.41) is 3.17. The lowest BCUT2D eigenvalue weighted by Gasteiger charge is -2.14. The van der Waals surface area contributed by atoms with E-state index in [1.807, 2.05) is 12.1 Å². The molecular formula is C20H21BrN6O. The van der Waals surface area contributed by atoms with Crippen LogP contribution in [0.4, 0.5) is 23.0 Å². The number of benzene rings is 2. The minimum Gasteiger partial charge on any atom is -0.393 e. The van der Waals surface area contributed by atoms with Gasteiger partial charge in [0.2, 0.25) is 0 Å². The minimum absolute atomic E-state index is 0.298. The molecule has 0 atom stereocenters. The number of hydrogen-bond acceptors (Lipinski definition) is 6. The summed E-state index contributed by atoms with van der Waals surface area (Å²) >= 11 is 3.34. The van der Waals surface area contributed by atoms with Crippen LogP contribution in [0.1, 0.15) is 35.7 Å². The second-order valence-electron chi connectivity index (χ2n) is 6.47. The topological polar surface area (TPSA) is 105 Å². The molecule has 0 aliphatic heterocycles. The average molecular weight is 441 g/mol. The number of nitrogens with one attached hydrogen (secondary N) is 3. The van der Waals surface area contributed by atoms with E-state index in [-0.39, 0.29) is 5.91 Å². The van der Waals surface area contributed by atoms with Gasteiger partial charge in [0.25, 0.3) is 5.91 Å². The summed E-state index contributed by atoms with van der Waals surface area (Å²) in [6, 6.07) is 15.1. The van der Waals surface area contributed by atoms with Crippen LogP contribution in [0.2, 0.25) is 0 Å². The van der Waals surface area contributed by atoms with Crippen molar-refractivity contribution >= 4 is 44.8 Å². The Morgan fingerprint density at radius 3 is 2.29 bits per heavy atom. The lowest BCUT2D eigenvalue weighted by atomic mass is 10.0. The predicted octanol–water partition coefficient (Wildman–Crippen LogP) is 4.45. The van der Waals surface area contributed by atoms with E-state index >= 15 is 0 Å². The predicted molar refractivity (Wildman–Crippen MR) is 115 cm³/mol. The summed E-state index contributed by atoms with van der Waals surface area (Å²) in [5.41, 5.74) is 14.4. The highest BCUT2D eigenvalue weighted by molar-refractivity contribution is 9.10. The van der Waals surface area contributed by atoms with Crippen LogP contribution in [0.3, 0.4) is 0 Å². The minimum atomic E-state index is -0.302. The number of anilines is 4. The number of hydrazine groups is 1. The first-order valence-electron chi connectivity index (χ1n) is 8.73. The van der Waals surface area contributed by atoms with Crippen LogP contribution in [-0.2, 0) is 0 Å². The number of amides is 1. The highest BCUT2D eigenvalue weighted by atomic mass is 79.9. The Hall–Kier alpha value is -3.13. The Labute approximate surface area is 171 Å². The number of halogens is 1. The molecule has 0 aliphatic rings. The van der Waals surface area contributed by atoms with Crippen molar-refractivity contribution in [1.29, 1.82) is 0 Å². The summed E-state index contributed by atoms with van der Waals surface area (Å²) in [6.45, 7) is 4.29. The third-order valence-electron chi connectivity index (χ3n) is 4.12. The van der Waals surface area contributed by atoms with Crippen LogP contribution < -0.4 is 21.9 Å². The molecular weight excluding hydrogens is 420 g/mol. The van der Waals surface area contributed by atoms with Crippen LogP contribution in [-0.4, -0.2) is 15.9 Å². The molecule has 1 amide bonds. The molecule has 7 nitrogen and oxygen atoms in total. The average Bonchev–Trinajstić information content (AvgIpc) is 2.69. The Kier molecular flexibility index (Phi) is 6.10. The molecule has 0 saturated carbocycles. The molecule has 0 aliphatic carbocycles. The monoisotopic (exact) mass is 440 g/mol. The van der Waals surface area contributed by atoms with Crippen LogP contribution in [0.15, 0.2) is 59.3 Å². The summed E-state index contributed by atoms with van der Waals surface area (Å²) < 4.78 is 0.897. The quantitative estimate of drug-likeness (QED) is 0.422. The fourth-order valence-corrected chi connectivity index (χ4v) is 2.74. The lowest BCUT2D eigenvalue weighted by Crippen LogP contribution is -2.30. The maximum Gasteiger partial charge on any atom is 0.269 e. The molecule has 0 saturated heterocycles. The van der Waals surface area contributed by atoms with Gasteiger partial charge >= 0.3 is 0 Å². The third-order valence-corrected chi connectivity index (χ3v) is 4.65. The van der Waals surface area contributed by atoms with Crippen LogP contribution in [0.5, 0.6) is 0 Å². The van der Waals surface area contributed by atoms with Gasteiger partial charge in [-0.05, 0) is 47.9 Å². The summed E-state index contributed by atoms with van der Waals surface area (Å²) in [4.78, 5) is 20.5. The Morgan fingerprint density at radius 2 is 1.64 bits per heavy atom. The Balaban J connectivity index is 1.68. The van der Waals surface area contributed by atoms with Gasteiger partial charge in [-0.15, -0.1) is 0 Å². The van der Waals surface area contributed by atoms with E-state index in [1.165, 1.54) is 11.9 Å². The molecule has 0 radical (unpaired) electrons. The molecule has 8 heteroatoms. The van der Waals surface area contributed by atoms with Crippen molar-refractivity contribution in [1.82, 2.24) is 15.4 Å². The number of carbonyl (C=O) groups is 1. The number of nitrogens with two attached hydrogens (primary N) is 1. The highest BCUT2D eigenvalue weighted by Gasteiger charge is 2.11. The van der Waals surface area contributed by atoms with Crippen molar-refractivity contribution in [3.63, 3.8) is 0 Å². The van der Waals surface area contributed by atoms with Crippen LogP contribution in [0, 0.1) is 0 Å². The van der Waals surface area contributed by atoms with E-state index in [9.17, 15) is 4.79 Å². The number of hydrogen-bond donors (Lipinski definition) is 4. The van der Waals surface area contributed by atoms with E-state index in [4.69, 9.17) is 5.73 Å². The molecule has 0 bridgehead atoms. The fraction of sp³-hybridized carbons (Fsp3) is 0.150. The number of rotatable bonds is 6. The maximum absolute atomic E-state index is 12.2. The third kappa shape index (κ3) is 4.77. The molecule has 28 heavy (non-hydrogen) atoms. The standard InChI is InChI=1S/C20H21BrN6O/c1-12(2)13-5-9-16(10-6-13)25-18-17(22)19(24-11-23-18)26-27-20(28)14-3-7-15(21)8-4-14/h3-12H,22H2,1-2H3,(H,27,28)(H2,23,24,25,26). The molecule has 144 valence electrons. The normalized spacial score (nSPS) is 10.6. The van der Waals surface area contributed by atoms with Crippen molar-refractivity contribution in [3.05, 3.63) is 70.5 Å². The summed E-state index contributed by atoms with van der Waals surface area (Å²) in [7, 11) is 0. The fourth-order valence-electron chi connectivity index (χ4n) is 2.47. The first-order chi connectivity index (χ1) is 13.4. The SMILES string of the molecule is CC(C)c1ccc(Nc2ncnc(NNC(=O)c3ccc(Br)cc3)c2N)cc1. The number of nitrogen functional groups attached to an aromatic ring is 1. The van der Waals surface area contributed by atoms with Crippen molar-refractivity contribution in [2.45, 2.75) is 19.8 Å². The van der Waals surface area contributed by atoms with Gasteiger partial charge in [-0.1, -0.05) is 41.9 Å². The lowest BCUT2D eigenvalue weighted by molar-refractivity contribution is 0.0962. The number of nitrogens with zero attached hydrogens (tertiary/aromatic N) is 2. The first-order valence-corrected chi connectivity index (χ1v) is 9.52. The molecule has 2 aromatic carbocycles. The van der Waals surface area contributed by atoms with Gasteiger partial charge in [0.05, 0.1) is 0 Å². The maximum atomic E-state index is 12.2. The van der Waals surface area contributed by atoms with Gasteiger partial charge in [-0.3, -0.25) is 15.6 Å². The smallest absolute Gasteiger partial charge is 0.269 e. The second kappa shape index (κ2) is 8.71. The Morgan fingerprint density at radius 1 is 1.00 bits per heavy atom. The van der Waals surface area contributed by atoms with Crippen molar-refractivity contribution in [3.8, 4) is 0 Å². The Bertz CT molecular complexity index is 957. The number of carbonyl (C=O) groups excluding carboxylic acids is 1. The molecule has 3 aromatic rings. The van der Waals surface area contributed by atoms with Crippen LogP contribution in [0.25, 0.3) is 0 Å². The van der Waals surface area contributed by atoms with E-state index in [1.54, 1.807) is 24.3 Å². The number of aromatic nitrogens is 2. The molecule has 5 N–H and O–H groups in total. The molecule has 1 aromatic heterocycles. The zero-order valence-electron chi connectivity index (χ0n) is 15.5. The van der Waals surface area contributed by atoms with Gasteiger partial charge < -0.3 is 11.1 Å². The van der Waals surface area contributed by atoms with Gasteiger partial charge in [-0.25, -0.2) is 9.97 Å². The summed E-state index contributed by atoms with van der Waals surface area (Å²) in [5.74, 6) is 0.919. The highest BCUT2D eigenvalue weighted by Crippen LogP contribution is 2.26. The van der Waals surface area contributed by atoms with Crippen molar-refractivity contribution in [2.75, 3.05) is 16.5 Å². The molecule has 3 rings (SSSR count). The van der Waals surface area contributed by atoms with Gasteiger partial charge in [0.1, 0.15) is 12.0 Å². The zero-order valence-corrected chi connectivity index (χ0v) is 17.1. The van der Waals surface area contributed by atoms with Crippen LogP contribution >= 0.6 is 15.9 Å². The van der Waals surface area contributed by atoms with E-state index in [2.05, 4.69) is 68.0 Å². The largest absolute Gasteiger partial charge is 0.393 e. The molecule has 0 fully saturated rings. The molecule has 1 heterocycles. The van der Waals surface area contributed by atoms with Gasteiger partial charge in [-0.2, -0.15) is 0 Å². The second-order valence-corrected chi connectivity index (χ2v) is 7.39. The van der Waals surface area contributed by atoms with E-state index in [0.29, 0.717) is 28.8 Å². The van der Waals surface area contributed by atoms with Crippen molar-refractivity contribution < 1.29 is 4.79 Å². The van der Waals surface area contributed by atoms with Gasteiger partial charge in [0, 0.05) is 15.7 Å². The van der Waals surface area contributed by atoms with Crippen molar-refractivity contribution in [2.24, 2.45) is 0 Å². The van der Waals surface area contributed by atoms with Gasteiger partial charge in [0.15, 0.2) is 11.6 Å². The summed E-state index contributed by atoms with van der Waals surface area (Å²) in [6.07, 6.45) is 1.37. The first kappa shape index (κ1) is 19.6. The molecule has 0 unspecified atom stereocenters.